The SMILES string of the molecule is N#CC[C@H](N)c1ccccc1. The molecule has 1 aromatic rings. The number of nitrogens with zero attached hydrogens (tertiary/aromatic N) is 1. The van der Waals surface area contributed by atoms with Gasteiger partial charge >= 0.3 is 0 Å². The van der Waals surface area contributed by atoms with Crippen LogP contribution in [-0.2, 0) is 0 Å². The van der Waals surface area contributed by atoms with E-state index in [1.54, 1.807) is 0 Å². The van der Waals surface area contributed by atoms with E-state index in [1.807, 2.05) is 36.4 Å². The first kappa shape index (κ1) is 7.77. The number of hydrogen-bond donors (Lipinski definition) is 1. The topological polar surface area (TPSA) is 49.8 Å². The predicted octanol–water partition coefficient (Wildman–Crippen LogP) is 1.60. The fourth-order valence-electron chi connectivity index (χ4n) is 0.916. The molecule has 2 nitrogen and oxygen atoms in total. The van der Waals surface area contributed by atoms with Crippen LogP contribution in [0.5, 0.6) is 0 Å². The Hall–Kier alpha value is -1.33. The standard InChI is InChI=1S/C9H10N2/c10-7-6-9(11)8-4-2-1-3-5-8/h1-5,9H,6,11H2/t9-/m0/s1. The van der Waals surface area contributed by atoms with Crippen LogP contribution in [0.2, 0.25) is 0 Å². The molecule has 0 aromatic heterocycles. The Morgan fingerprint density at radius 2 is 2.00 bits per heavy atom. The smallest absolute Gasteiger partial charge is 0.0641 e. The number of rotatable bonds is 2. The van der Waals surface area contributed by atoms with E-state index in [0.717, 1.165) is 5.56 Å². The van der Waals surface area contributed by atoms with Crippen LogP contribution in [0, 0.1) is 11.3 Å². The summed E-state index contributed by atoms with van der Waals surface area (Å²) in [5, 5.41) is 8.37. The van der Waals surface area contributed by atoms with Gasteiger partial charge in [-0.25, -0.2) is 0 Å². The molecule has 0 saturated heterocycles. The van der Waals surface area contributed by atoms with Gasteiger partial charge in [-0.05, 0) is 5.56 Å². The maximum Gasteiger partial charge on any atom is 0.0641 e. The minimum Gasteiger partial charge on any atom is -0.323 e. The van der Waals surface area contributed by atoms with Gasteiger partial charge in [0.25, 0.3) is 0 Å². The average molecular weight is 146 g/mol. The zero-order chi connectivity index (χ0) is 8.10. The second-order valence-electron chi connectivity index (χ2n) is 2.38. The Bertz CT molecular complexity index is 248. The molecule has 0 aliphatic rings. The van der Waals surface area contributed by atoms with Gasteiger partial charge in [-0.2, -0.15) is 5.26 Å². The van der Waals surface area contributed by atoms with Gasteiger partial charge in [-0.1, -0.05) is 30.3 Å². The quantitative estimate of drug-likeness (QED) is 0.689. The summed E-state index contributed by atoms with van der Waals surface area (Å²) >= 11 is 0. The van der Waals surface area contributed by atoms with Gasteiger partial charge in [0.1, 0.15) is 0 Å². The Balaban J connectivity index is 2.70. The van der Waals surface area contributed by atoms with E-state index in [-0.39, 0.29) is 6.04 Å². The zero-order valence-electron chi connectivity index (χ0n) is 6.20. The van der Waals surface area contributed by atoms with Crippen molar-refractivity contribution in [1.82, 2.24) is 0 Å². The van der Waals surface area contributed by atoms with Crippen molar-refractivity contribution in [2.45, 2.75) is 12.5 Å². The normalized spacial score (nSPS) is 12.0. The first-order chi connectivity index (χ1) is 5.34. The molecule has 2 heteroatoms. The zero-order valence-corrected chi connectivity index (χ0v) is 6.20. The molecule has 0 aliphatic carbocycles. The summed E-state index contributed by atoms with van der Waals surface area (Å²) in [5.74, 6) is 0. The molecule has 11 heavy (non-hydrogen) atoms. The van der Waals surface area contributed by atoms with E-state index >= 15 is 0 Å². The lowest BCUT2D eigenvalue weighted by Gasteiger charge is -2.05. The Morgan fingerprint density at radius 3 is 2.55 bits per heavy atom. The van der Waals surface area contributed by atoms with Gasteiger partial charge < -0.3 is 5.73 Å². The van der Waals surface area contributed by atoms with E-state index in [4.69, 9.17) is 11.0 Å². The Morgan fingerprint density at radius 1 is 1.36 bits per heavy atom. The van der Waals surface area contributed by atoms with Crippen molar-refractivity contribution in [3.63, 3.8) is 0 Å². The molecule has 0 bridgehead atoms. The predicted molar refractivity (Wildman–Crippen MR) is 43.6 cm³/mol. The summed E-state index contributed by atoms with van der Waals surface area (Å²) in [4.78, 5) is 0. The molecule has 1 aromatic carbocycles. The molecule has 0 fully saturated rings. The second kappa shape index (κ2) is 3.75. The third-order valence-electron chi connectivity index (χ3n) is 1.54. The van der Waals surface area contributed by atoms with Crippen LogP contribution in [0.3, 0.4) is 0 Å². The van der Waals surface area contributed by atoms with Crippen LogP contribution in [0.1, 0.15) is 18.0 Å². The lowest BCUT2D eigenvalue weighted by molar-refractivity contribution is 0.748. The second-order valence-corrected chi connectivity index (χ2v) is 2.38. The molecule has 0 amide bonds. The molecule has 1 atom stereocenters. The Kier molecular flexibility index (Phi) is 2.65. The highest BCUT2D eigenvalue weighted by Crippen LogP contribution is 2.11. The molecule has 1 rings (SSSR count). The first-order valence-corrected chi connectivity index (χ1v) is 3.52. The van der Waals surface area contributed by atoms with Crippen molar-refractivity contribution < 1.29 is 0 Å². The highest BCUT2D eigenvalue weighted by molar-refractivity contribution is 5.19. The van der Waals surface area contributed by atoms with Crippen LogP contribution >= 0.6 is 0 Å². The van der Waals surface area contributed by atoms with Crippen molar-refractivity contribution in [3.8, 4) is 6.07 Å². The van der Waals surface area contributed by atoms with Gasteiger partial charge in [0, 0.05) is 6.04 Å². The van der Waals surface area contributed by atoms with E-state index < -0.39 is 0 Å². The lowest BCUT2D eigenvalue weighted by Crippen LogP contribution is -2.08. The first-order valence-electron chi connectivity index (χ1n) is 3.52. The molecule has 0 aliphatic heterocycles. The van der Waals surface area contributed by atoms with Crippen LogP contribution in [-0.4, -0.2) is 0 Å². The third kappa shape index (κ3) is 2.06. The number of nitriles is 1. The summed E-state index contributed by atoms with van der Waals surface area (Å²) in [6.07, 6.45) is 0.379. The fourth-order valence-corrected chi connectivity index (χ4v) is 0.916. The number of nitrogens with two attached hydrogens (primary N) is 1. The van der Waals surface area contributed by atoms with Crippen molar-refractivity contribution >= 4 is 0 Å². The van der Waals surface area contributed by atoms with Gasteiger partial charge in [0.15, 0.2) is 0 Å². The van der Waals surface area contributed by atoms with Crippen molar-refractivity contribution in [2.75, 3.05) is 0 Å². The summed E-state index contributed by atoms with van der Waals surface area (Å²) in [5.41, 5.74) is 6.71. The maximum absolute atomic E-state index is 8.37. The third-order valence-corrected chi connectivity index (χ3v) is 1.54. The van der Waals surface area contributed by atoms with Crippen LogP contribution in [0.15, 0.2) is 30.3 Å². The molecule has 0 saturated carbocycles. The molecule has 56 valence electrons. The van der Waals surface area contributed by atoms with Gasteiger partial charge in [-0.15, -0.1) is 0 Å². The maximum atomic E-state index is 8.37. The Labute approximate surface area is 66.3 Å². The summed E-state index contributed by atoms with van der Waals surface area (Å²) < 4.78 is 0. The lowest BCUT2D eigenvalue weighted by atomic mass is 10.1. The highest BCUT2D eigenvalue weighted by atomic mass is 14.6. The number of benzene rings is 1. The minimum absolute atomic E-state index is 0.138. The summed E-state index contributed by atoms with van der Waals surface area (Å²) in [6.45, 7) is 0. The van der Waals surface area contributed by atoms with E-state index in [0.29, 0.717) is 6.42 Å². The molecule has 2 N–H and O–H groups in total. The van der Waals surface area contributed by atoms with Crippen molar-refractivity contribution in [1.29, 1.82) is 5.26 Å². The van der Waals surface area contributed by atoms with Gasteiger partial charge in [-0.3, -0.25) is 0 Å². The molecular formula is C9H10N2. The molecule has 0 radical (unpaired) electrons. The van der Waals surface area contributed by atoms with Crippen molar-refractivity contribution in [3.05, 3.63) is 35.9 Å². The fraction of sp³-hybridized carbons (Fsp3) is 0.222. The average Bonchev–Trinajstić information content (AvgIpc) is 2.07. The van der Waals surface area contributed by atoms with E-state index in [1.165, 1.54) is 0 Å². The summed E-state index contributed by atoms with van der Waals surface area (Å²) in [7, 11) is 0. The van der Waals surface area contributed by atoms with Crippen molar-refractivity contribution in [2.24, 2.45) is 5.73 Å². The highest BCUT2D eigenvalue weighted by Gasteiger charge is 2.02. The minimum atomic E-state index is -0.138. The van der Waals surface area contributed by atoms with Gasteiger partial charge in [0.05, 0.1) is 12.5 Å². The largest absolute Gasteiger partial charge is 0.323 e. The molecular weight excluding hydrogens is 136 g/mol. The van der Waals surface area contributed by atoms with Crippen LogP contribution < -0.4 is 5.73 Å². The van der Waals surface area contributed by atoms with E-state index in [2.05, 4.69) is 0 Å². The molecule has 0 heterocycles. The molecule has 0 unspecified atom stereocenters. The van der Waals surface area contributed by atoms with Crippen LogP contribution in [0.4, 0.5) is 0 Å². The van der Waals surface area contributed by atoms with E-state index in [9.17, 15) is 0 Å². The van der Waals surface area contributed by atoms with Crippen LogP contribution in [0.25, 0.3) is 0 Å². The number of hydrogen-bond acceptors (Lipinski definition) is 2. The van der Waals surface area contributed by atoms with Gasteiger partial charge in [0.2, 0.25) is 0 Å². The molecule has 0 spiro atoms. The monoisotopic (exact) mass is 146 g/mol. The summed E-state index contributed by atoms with van der Waals surface area (Å²) in [6, 6.07) is 11.5.